The van der Waals surface area contributed by atoms with Crippen LogP contribution in [0.4, 0.5) is 23.0 Å². The van der Waals surface area contributed by atoms with Crippen LogP contribution in [0.1, 0.15) is 29.1 Å². The molecular weight excluding hydrogens is 434 g/mol. The highest BCUT2D eigenvalue weighted by atomic mass is 16.5. The summed E-state index contributed by atoms with van der Waals surface area (Å²) in [5.74, 6) is 0.953. The van der Waals surface area contributed by atoms with Gasteiger partial charge in [0.15, 0.2) is 5.82 Å². The predicted molar refractivity (Wildman–Crippen MR) is 130 cm³/mol. The van der Waals surface area contributed by atoms with E-state index in [0.717, 1.165) is 22.9 Å². The maximum Gasteiger partial charge on any atom is 0.258 e. The lowest BCUT2D eigenvalue weighted by molar-refractivity contribution is -0.0423. The van der Waals surface area contributed by atoms with E-state index in [1.165, 1.54) is 0 Å². The monoisotopic (exact) mass is 463 g/mol. The largest absolute Gasteiger partial charge is 0.394 e. The molecule has 34 heavy (non-hydrogen) atoms. The third-order valence-corrected chi connectivity index (χ3v) is 6.27. The van der Waals surface area contributed by atoms with Crippen molar-refractivity contribution in [1.82, 2.24) is 14.8 Å². The van der Waals surface area contributed by atoms with E-state index in [2.05, 4.69) is 36.6 Å². The van der Waals surface area contributed by atoms with Crippen LogP contribution in [0, 0.1) is 0 Å². The molecule has 0 saturated carbocycles. The van der Waals surface area contributed by atoms with Gasteiger partial charge < -0.3 is 30.3 Å². The number of aliphatic hydroxyl groups excluding tert-OH is 1. The first-order chi connectivity index (χ1) is 16.4. The van der Waals surface area contributed by atoms with Crippen LogP contribution < -0.4 is 20.4 Å². The lowest BCUT2D eigenvalue weighted by Gasteiger charge is -2.36. The fraction of sp³-hybridized carbons (Fsp3) is 0.375. The number of nitrogens with zero attached hydrogens (tertiary/aromatic N) is 5. The van der Waals surface area contributed by atoms with Gasteiger partial charge in [-0.25, -0.2) is 4.98 Å². The molecule has 2 aliphatic rings. The van der Waals surface area contributed by atoms with Gasteiger partial charge in [0.2, 0.25) is 0 Å². The lowest BCUT2D eigenvalue weighted by Crippen LogP contribution is -2.48. The molecule has 0 aliphatic carbocycles. The second-order valence-electron chi connectivity index (χ2n) is 8.77. The van der Waals surface area contributed by atoms with Gasteiger partial charge >= 0.3 is 0 Å². The molecule has 5 rings (SSSR count). The third-order valence-electron chi connectivity index (χ3n) is 6.27. The van der Waals surface area contributed by atoms with Crippen molar-refractivity contribution in [1.29, 1.82) is 0 Å². The van der Waals surface area contributed by atoms with Crippen LogP contribution >= 0.6 is 0 Å². The Bertz CT molecular complexity index is 1180. The molecule has 2 aliphatic heterocycles. The van der Waals surface area contributed by atoms with Crippen LogP contribution in [0.3, 0.4) is 0 Å². The number of carbonyl (C=O) groups is 1. The predicted octanol–water partition coefficient (Wildman–Crippen LogP) is 2.21. The zero-order valence-corrected chi connectivity index (χ0v) is 19.5. The Morgan fingerprint density at radius 1 is 1.24 bits per heavy atom. The van der Waals surface area contributed by atoms with Gasteiger partial charge in [0, 0.05) is 39.4 Å². The van der Waals surface area contributed by atoms with Crippen molar-refractivity contribution >= 4 is 28.9 Å². The first kappa shape index (κ1) is 22.2. The standard InChI is InChI=1S/C24H29N7O3/c1-15-12-31(13-17(14-32)34-15)22-9-8-16(11-25-22)24(33)27-21-10-20(30(3)28-21)23-26-18-6-4-5-7-19(18)29(23)2/h4-11,15,17,23,26,32H,12-14H2,1-3H3,(H,27,28,33). The van der Waals surface area contributed by atoms with Gasteiger partial charge in [-0.2, -0.15) is 5.10 Å². The summed E-state index contributed by atoms with van der Waals surface area (Å²) >= 11 is 0. The topological polar surface area (TPSA) is 108 Å². The number of nitrogens with one attached hydrogen (secondary N) is 2. The minimum atomic E-state index is -0.275. The number of fused-ring (bicyclic) bond motifs is 1. The summed E-state index contributed by atoms with van der Waals surface area (Å²) in [7, 11) is 3.89. The molecule has 3 atom stereocenters. The number of aromatic nitrogens is 3. The second kappa shape index (κ2) is 8.96. The number of pyridine rings is 1. The van der Waals surface area contributed by atoms with Gasteiger partial charge in [-0.3, -0.25) is 9.48 Å². The fourth-order valence-electron chi connectivity index (χ4n) is 4.59. The van der Waals surface area contributed by atoms with E-state index in [1.54, 1.807) is 16.9 Å². The number of ether oxygens (including phenoxy) is 1. The maximum absolute atomic E-state index is 12.8. The van der Waals surface area contributed by atoms with Gasteiger partial charge in [0.25, 0.3) is 5.91 Å². The molecule has 4 heterocycles. The van der Waals surface area contributed by atoms with Crippen molar-refractivity contribution in [3.63, 3.8) is 0 Å². The minimum Gasteiger partial charge on any atom is -0.394 e. The van der Waals surface area contributed by atoms with Crippen LogP contribution in [-0.2, 0) is 11.8 Å². The smallest absolute Gasteiger partial charge is 0.258 e. The van der Waals surface area contributed by atoms with Crippen molar-refractivity contribution in [2.75, 3.05) is 47.2 Å². The van der Waals surface area contributed by atoms with Gasteiger partial charge in [-0.15, -0.1) is 0 Å². The summed E-state index contributed by atoms with van der Waals surface area (Å²) in [5.41, 5.74) is 3.56. The highest BCUT2D eigenvalue weighted by Crippen LogP contribution is 2.39. The number of hydrogen-bond donors (Lipinski definition) is 3. The molecule has 0 bridgehead atoms. The van der Waals surface area contributed by atoms with Crippen molar-refractivity contribution in [2.24, 2.45) is 7.05 Å². The molecule has 1 aromatic carbocycles. The van der Waals surface area contributed by atoms with Crippen LogP contribution in [0.2, 0.25) is 0 Å². The van der Waals surface area contributed by atoms with Crippen LogP contribution in [0.5, 0.6) is 0 Å². The quantitative estimate of drug-likeness (QED) is 0.529. The molecule has 3 aromatic rings. The molecule has 1 amide bonds. The summed E-state index contributed by atoms with van der Waals surface area (Å²) < 4.78 is 7.46. The second-order valence-corrected chi connectivity index (χ2v) is 8.77. The number of rotatable bonds is 5. The molecule has 10 heteroatoms. The van der Waals surface area contributed by atoms with Crippen molar-refractivity contribution in [2.45, 2.75) is 25.3 Å². The molecule has 1 fully saturated rings. The number of aryl methyl sites for hydroxylation is 1. The Balaban J connectivity index is 1.26. The van der Waals surface area contributed by atoms with Gasteiger partial charge in [0.1, 0.15) is 12.0 Å². The Kier molecular flexibility index (Phi) is 5.84. The molecule has 178 valence electrons. The van der Waals surface area contributed by atoms with Crippen molar-refractivity contribution < 1.29 is 14.6 Å². The Morgan fingerprint density at radius 3 is 2.79 bits per heavy atom. The number of benzene rings is 1. The van der Waals surface area contributed by atoms with E-state index >= 15 is 0 Å². The molecule has 0 radical (unpaired) electrons. The Hall–Kier alpha value is -3.63. The fourth-order valence-corrected chi connectivity index (χ4v) is 4.59. The SMILES string of the molecule is CC1CN(c2ccc(C(=O)Nc3cc(C4Nc5ccccc5N4C)n(C)n3)cn2)CC(CO)O1. The first-order valence-corrected chi connectivity index (χ1v) is 11.3. The van der Waals surface area contributed by atoms with E-state index in [-0.39, 0.29) is 30.9 Å². The number of morpholine rings is 1. The van der Waals surface area contributed by atoms with E-state index in [1.807, 2.05) is 51.4 Å². The number of hydrogen-bond acceptors (Lipinski definition) is 8. The molecule has 10 nitrogen and oxygen atoms in total. The van der Waals surface area contributed by atoms with Crippen LogP contribution in [-0.4, -0.2) is 64.7 Å². The summed E-state index contributed by atoms with van der Waals surface area (Å²) in [5, 5.41) is 20.3. The third kappa shape index (κ3) is 4.17. The summed E-state index contributed by atoms with van der Waals surface area (Å²) in [6.07, 6.45) is 1.23. The molecule has 3 N–H and O–H groups in total. The molecular formula is C24H29N7O3. The van der Waals surface area contributed by atoms with Gasteiger partial charge in [0.05, 0.1) is 41.4 Å². The highest BCUT2D eigenvalue weighted by molar-refractivity contribution is 6.03. The summed E-state index contributed by atoms with van der Waals surface area (Å²) in [4.78, 5) is 21.5. The summed E-state index contributed by atoms with van der Waals surface area (Å²) in [6.45, 7) is 3.17. The van der Waals surface area contributed by atoms with Crippen LogP contribution in [0.15, 0.2) is 48.7 Å². The van der Waals surface area contributed by atoms with Crippen molar-refractivity contribution in [3.8, 4) is 0 Å². The number of aliphatic hydroxyl groups is 1. The maximum atomic E-state index is 12.8. The van der Waals surface area contributed by atoms with E-state index in [0.29, 0.717) is 24.5 Å². The van der Waals surface area contributed by atoms with E-state index < -0.39 is 0 Å². The number of amides is 1. The molecule has 1 saturated heterocycles. The number of para-hydroxylation sites is 2. The zero-order valence-electron chi connectivity index (χ0n) is 19.5. The molecule has 3 unspecified atom stereocenters. The molecule has 2 aromatic heterocycles. The van der Waals surface area contributed by atoms with Crippen LogP contribution in [0.25, 0.3) is 0 Å². The lowest BCUT2D eigenvalue weighted by atomic mass is 10.2. The van der Waals surface area contributed by atoms with Gasteiger partial charge in [-0.1, -0.05) is 12.1 Å². The van der Waals surface area contributed by atoms with Crippen molar-refractivity contribution in [3.05, 3.63) is 59.9 Å². The number of anilines is 4. The Labute approximate surface area is 198 Å². The zero-order chi connectivity index (χ0) is 23.8. The van der Waals surface area contributed by atoms with E-state index in [4.69, 9.17) is 4.74 Å². The Morgan fingerprint density at radius 2 is 2.06 bits per heavy atom. The average molecular weight is 464 g/mol. The minimum absolute atomic E-state index is 0.00443. The van der Waals surface area contributed by atoms with E-state index in [9.17, 15) is 9.90 Å². The average Bonchev–Trinajstić information content (AvgIpc) is 3.37. The highest BCUT2D eigenvalue weighted by Gasteiger charge is 2.30. The van der Waals surface area contributed by atoms with Gasteiger partial charge in [-0.05, 0) is 31.2 Å². The first-order valence-electron chi connectivity index (χ1n) is 11.3. The normalized spacial score (nSPS) is 21.8. The molecule has 0 spiro atoms. The number of carbonyl (C=O) groups excluding carboxylic acids is 1. The summed E-state index contributed by atoms with van der Waals surface area (Å²) in [6, 6.07) is 13.6.